The SMILES string of the molecule is CCCCCCCCCCCCCC(=O)C[C@@H](CCCCN)C(=O)N(C)[C@@H]1C(=O)C[C@@H](C)C(=O)N[C@H](C(=O)C[C@@H](C)C(=O)COC(C)=O)Cc2ccc(O)c(c2)-c2cc1ccc2OCCN. The predicted octanol–water partition coefficient (Wildman–Crippen LogP) is 7.67. The zero-order valence-corrected chi connectivity index (χ0v) is 40.3. The molecule has 0 unspecified atom stereocenters. The van der Waals surface area contributed by atoms with Crippen molar-refractivity contribution in [3.05, 3.63) is 47.5 Å². The highest BCUT2D eigenvalue weighted by Crippen LogP contribution is 2.40. The Labute approximate surface area is 392 Å². The summed E-state index contributed by atoms with van der Waals surface area (Å²) in [5.74, 6) is -5.21. The molecule has 1 aliphatic rings. The van der Waals surface area contributed by atoms with Gasteiger partial charge in [-0.05, 0) is 67.6 Å². The standard InChI is InChI=1S/C52H78N4O10/c1-6-7-8-9-10-11-12-13-14-15-16-20-41(58)32-40(19-17-18-25-53)52(64)56(5)50-39-22-24-49(65-27-26-54)43(33-39)42-30-38(21-23-45(42)59)31-44(55-51(63)36(3)29-47(50)61)46(60)28-35(2)48(62)34-66-37(4)57/h21-24,30,33,35-36,40,44,50,59H,6-20,25-29,31-32,34,53-54H2,1-5H3,(H,55,63)/t35-,36-,40-,44+,50+/m1/s1. The van der Waals surface area contributed by atoms with Gasteiger partial charge >= 0.3 is 5.97 Å². The average molecular weight is 919 g/mol. The number of ketones is 4. The first-order valence-corrected chi connectivity index (χ1v) is 24.4. The van der Waals surface area contributed by atoms with Crippen LogP contribution in [0.3, 0.4) is 0 Å². The molecule has 66 heavy (non-hydrogen) atoms. The molecular formula is C52H78N4O10. The van der Waals surface area contributed by atoms with E-state index < -0.39 is 65.7 Å². The number of nitrogens with two attached hydrogens (primary N) is 2. The third kappa shape index (κ3) is 18.4. The van der Waals surface area contributed by atoms with E-state index in [0.29, 0.717) is 60.2 Å². The van der Waals surface area contributed by atoms with Crippen LogP contribution in [0, 0.1) is 17.8 Å². The summed E-state index contributed by atoms with van der Waals surface area (Å²) in [6.07, 6.45) is 14.3. The summed E-state index contributed by atoms with van der Waals surface area (Å²) in [4.78, 5) is 96.1. The lowest BCUT2D eigenvalue weighted by Crippen LogP contribution is -2.46. The molecule has 14 heteroatoms. The smallest absolute Gasteiger partial charge is 0.303 e. The van der Waals surface area contributed by atoms with Gasteiger partial charge in [0.2, 0.25) is 11.8 Å². The van der Waals surface area contributed by atoms with Crippen LogP contribution in [-0.4, -0.2) is 90.3 Å². The fourth-order valence-electron chi connectivity index (χ4n) is 8.57. The highest BCUT2D eigenvalue weighted by Gasteiger charge is 2.36. The van der Waals surface area contributed by atoms with Crippen LogP contribution in [-0.2, 0) is 44.7 Å². The van der Waals surface area contributed by atoms with Crippen LogP contribution in [0.25, 0.3) is 11.1 Å². The molecular weight excluding hydrogens is 841 g/mol. The van der Waals surface area contributed by atoms with Crippen LogP contribution in [0.2, 0.25) is 0 Å². The first kappa shape index (κ1) is 55.4. The number of hydrogen-bond acceptors (Lipinski definition) is 12. The van der Waals surface area contributed by atoms with Gasteiger partial charge in [-0.1, -0.05) is 104 Å². The zero-order valence-electron chi connectivity index (χ0n) is 40.3. The molecule has 0 radical (unpaired) electrons. The Morgan fingerprint density at radius 3 is 2.14 bits per heavy atom. The van der Waals surface area contributed by atoms with E-state index in [1.807, 2.05) is 0 Å². The molecule has 2 aromatic rings. The van der Waals surface area contributed by atoms with Crippen LogP contribution >= 0.6 is 0 Å². The number of Topliss-reactive ketones (excluding diaryl/α,β-unsaturated/α-hetero) is 4. The molecule has 0 saturated carbocycles. The van der Waals surface area contributed by atoms with Crippen molar-refractivity contribution >= 4 is 40.9 Å². The van der Waals surface area contributed by atoms with Crippen LogP contribution < -0.4 is 21.5 Å². The van der Waals surface area contributed by atoms with Crippen LogP contribution in [0.1, 0.15) is 160 Å². The molecule has 0 aromatic heterocycles. The van der Waals surface area contributed by atoms with Crippen LogP contribution in [0.4, 0.5) is 0 Å². The Morgan fingerprint density at radius 2 is 1.50 bits per heavy atom. The summed E-state index contributed by atoms with van der Waals surface area (Å²) < 4.78 is 10.9. The van der Waals surface area contributed by atoms with Gasteiger partial charge in [-0.15, -0.1) is 0 Å². The number of esters is 1. The number of phenolic OH excluding ortho intramolecular Hbond substituents is 1. The quantitative estimate of drug-likeness (QED) is 0.0456. The number of hydrogen-bond donors (Lipinski definition) is 4. The maximum absolute atomic E-state index is 14.7. The minimum absolute atomic E-state index is 0.000599. The Hall–Kier alpha value is -4.95. The van der Waals surface area contributed by atoms with Gasteiger partial charge in [0.05, 0.1) is 6.04 Å². The Morgan fingerprint density at radius 1 is 0.833 bits per heavy atom. The molecule has 0 saturated heterocycles. The normalized spacial score (nSPS) is 17.2. The summed E-state index contributed by atoms with van der Waals surface area (Å²) in [7, 11) is 1.54. The molecule has 4 bridgehead atoms. The van der Waals surface area contributed by atoms with Crippen molar-refractivity contribution in [2.24, 2.45) is 29.2 Å². The van der Waals surface area contributed by atoms with Gasteiger partial charge in [-0.3, -0.25) is 33.6 Å². The number of nitrogens with one attached hydrogen (secondary N) is 1. The number of amides is 2. The van der Waals surface area contributed by atoms with Crippen LogP contribution in [0.5, 0.6) is 11.5 Å². The first-order valence-electron chi connectivity index (χ1n) is 24.4. The minimum atomic E-state index is -1.21. The number of rotatable bonds is 29. The lowest BCUT2D eigenvalue weighted by Gasteiger charge is -2.32. The van der Waals surface area contributed by atoms with E-state index in [0.717, 1.165) is 25.7 Å². The summed E-state index contributed by atoms with van der Waals surface area (Å²) in [6, 6.07) is 7.45. The molecule has 3 rings (SSSR count). The number of carbonyl (C=O) groups is 7. The third-order valence-electron chi connectivity index (χ3n) is 12.5. The lowest BCUT2D eigenvalue weighted by molar-refractivity contribution is -0.147. The maximum atomic E-state index is 14.7. The van der Waals surface area contributed by atoms with E-state index in [-0.39, 0.29) is 56.3 Å². The molecule has 0 fully saturated rings. The fourth-order valence-corrected chi connectivity index (χ4v) is 8.57. The number of likely N-dealkylation sites (N-methyl/N-ethyl adjacent to an activating group) is 1. The van der Waals surface area contributed by atoms with Crippen molar-refractivity contribution in [1.82, 2.24) is 10.2 Å². The summed E-state index contributed by atoms with van der Waals surface area (Å²) >= 11 is 0. The van der Waals surface area contributed by atoms with Gasteiger partial charge in [0.15, 0.2) is 17.3 Å². The first-order chi connectivity index (χ1) is 31.6. The van der Waals surface area contributed by atoms with Crippen molar-refractivity contribution in [3.8, 4) is 22.6 Å². The average Bonchev–Trinajstić information content (AvgIpc) is 3.28. The van der Waals surface area contributed by atoms with Crippen molar-refractivity contribution in [2.45, 2.75) is 162 Å². The molecule has 0 spiro atoms. The lowest BCUT2D eigenvalue weighted by atomic mass is 9.87. The highest BCUT2D eigenvalue weighted by molar-refractivity contribution is 5.97. The monoisotopic (exact) mass is 919 g/mol. The van der Waals surface area contributed by atoms with Gasteiger partial charge in [0, 0.05) is 75.1 Å². The number of unbranched alkanes of at least 4 members (excludes halogenated alkanes) is 11. The number of ether oxygens (including phenoxy) is 2. The van der Waals surface area contributed by atoms with Crippen molar-refractivity contribution in [2.75, 3.05) is 33.4 Å². The molecule has 366 valence electrons. The summed E-state index contributed by atoms with van der Waals surface area (Å²) in [5.41, 5.74) is 13.3. The van der Waals surface area contributed by atoms with Gasteiger partial charge in [-0.25, -0.2) is 0 Å². The molecule has 5 atom stereocenters. The number of phenols is 1. The Bertz CT molecular complexity index is 1920. The van der Waals surface area contributed by atoms with E-state index in [1.165, 1.54) is 69.9 Å². The van der Waals surface area contributed by atoms with E-state index >= 15 is 0 Å². The molecule has 14 nitrogen and oxygen atoms in total. The van der Waals surface area contributed by atoms with E-state index in [2.05, 4.69) is 12.2 Å². The second-order valence-corrected chi connectivity index (χ2v) is 18.3. The van der Waals surface area contributed by atoms with Gasteiger partial charge in [0.25, 0.3) is 0 Å². The van der Waals surface area contributed by atoms with E-state index in [4.69, 9.17) is 20.9 Å². The number of fused-ring (bicyclic) bond motifs is 5. The zero-order chi connectivity index (χ0) is 48.6. The summed E-state index contributed by atoms with van der Waals surface area (Å²) in [5, 5.41) is 14.2. The number of carbonyl (C=O) groups excluding carboxylic acids is 7. The molecule has 0 aliphatic carbocycles. The van der Waals surface area contributed by atoms with E-state index in [1.54, 1.807) is 44.2 Å². The molecule has 2 aromatic carbocycles. The largest absolute Gasteiger partial charge is 0.507 e. The Kier molecular flexibility index (Phi) is 24.9. The second-order valence-electron chi connectivity index (χ2n) is 18.3. The fraction of sp³-hybridized carbons (Fsp3) is 0.635. The van der Waals surface area contributed by atoms with Gasteiger partial charge in [-0.2, -0.15) is 0 Å². The van der Waals surface area contributed by atoms with Gasteiger partial charge in [0.1, 0.15) is 36.5 Å². The highest BCUT2D eigenvalue weighted by atomic mass is 16.5. The minimum Gasteiger partial charge on any atom is -0.507 e. The number of nitrogens with zero attached hydrogens (tertiary/aromatic N) is 1. The van der Waals surface area contributed by atoms with Crippen molar-refractivity contribution in [1.29, 1.82) is 0 Å². The van der Waals surface area contributed by atoms with Crippen molar-refractivity contribution in [3.63, 3.8) is 0 Å². The Balaban J connectivity index is 1.96. The molecule has 2 amide bonds. The molecule has 6 N–H and O–H groups in total. The molecule has 1 heterocycles. The second kappa shape index (κ2) is 29.6. The van der Waals surface area contributed by atoms with Crippen molar-refractivity contribution < 1.29 is 48.1 Å². The number of aromatic hydroxyl groups is 1. The molecule has 1 aliphatic heterocycles. The predicted molar refractivity (Wildman–Crippen MR) is 256 cm³/mol. The van der Waals surface area contributed by atoms with Gasteiger partial charge < -0.3 is 36.3 Å². The van der Waals surface area contributed by atoms with Crippen LogP contribution in [0.15, 0.2) is 36.4 Å². The summed E-state index contributed by atoms with van der Waals surface area (Å²) in [6.45, 7) is 6.79. The third-order valence-corrected chi connectivity index (χ3v) is 12.5. The topological polar surface area (TPSA) is 225 Å². The van der Waals surface area contributed by atoms with E-state index in [9.17, 15) is 38.7 Å². The maximum Gasteiger partial charge on any atom is 0.303 e. The number of benzene rings is 2.